The number of rotatable bonds is 7. The average molecular weight is 522 g/mol. The molecular formula is C26H21N2O6S2-. The standard InChI is InChI=1S/C26H22N2O6S2/c1-36(33,34)23-14-12-22(13-15-23)28(35(31)32)24-17-21(11-16-25(24)29)27-26(30)20-9-7-19(8-10-20)18-5-3-2-4-6-18/h2-17,29H,1H3,(H,27,30)(H,31,32)/p-1. The van der Waals surface area contributed by atoms with Gasteiger partial charge in [-0.2, -0.15) is 0 Å². The maximum Gasteiger partial charge on any atom is 0.255 e. The fraction of sp³-hybridized carbons (Fsp3) is 0.0385. The van der Waals surface area contributed by atoms with Crippen LogP contribution in [-0.4, -0.2) is 34.4 Å². The fourth-order valence-corrected chi connectivity index (χ4v) is 4.78. The summed E-state index contributed by atoms with van der Waals surface area (Å²) in [6.45, 7) is 0. The lowest BCUT2D eigenvalue weighted by atomic mass is 10.0. The van der Waals surface area contributed by atoms with Crippen LogP contribution in [-0.2, 0) is 21.1 Å². The predicted octanol–water partition coefficient (Wildman–Crippen LogP) is 4.65. The number of amides is 1. The quantitative estimate of drug-likeness (QED) is 0.269. The number of sulfone groups is 1. The predicted molar refractivity (Wildman–Crippen MR) is 139 cm³/mol. The molecule has 1 atom stereocenters. The van der Waals surface area contributed by atoms with Crippen LogP contribution < -0.4 is 9.62 Å². The Balaban J connectivity index is 1.59. The van der Waals surface area contributed by atoms with Crippen molar-refractivity contribution in [3.63, 3.8) is 0 Å². The van der Waals surface area contributed by atoms with Gasteiger partial charge in [-0.1, -0.05) is 42.5 Å². The van der Waals surface area contributed by atoms with Crippen LogP contribution in [0.1, 0.15) is 10.4 Å². The third-order valence-electron chi connectivity index (χ3n) is 5.35. The van der Waals surface area contributed by atoms with Gasteiger partial charge in [-0.05, 0) is 65.7 Å². The third-order valence-corrected chi connectivity index (χ3v) is 7.19. The number of hydrogen-bond donors (Lipinski definition) is 2. The molecule has 1 unspecified atom stereocenters. The minimum atomic E-state index is -3.47. The summed E-state index contributed by atoms with van der Waals surface area (Å²) in [6, 6.07) is 25.9. The van der Waals surface area contributed by atoms with E-state index < -0.39 is 27.0 Å². The van der Waals surface area contributed by atoms with Crippen molar-refractivity contribution in [3.05, 3.63) is 103 Å². The summed E-state index contributed by atoms with van der Waals surface area (Å²) in [5.74, 6) is -0.768. The second kappa shape index (κ2) is 10.3. The highest BCUT2D eigenvalue weighted by molar-refractivity contribution is 7.90. The maximum atomic E-state index is 12.8. The molecular weight excluding hydrogens is 500 g/mol. The molecule has 0 fully saturated rings. The molecule has 184 valence electrons. The van der Waals surface area contributed by atoms with Crippen molar-refractivity contribution in [2.45, 2.75) is 4.90 Å². The van der Waals surface area contributed by atoms with Gasteiger partial charge in [0.05, 0.1) is 27.5 Å². The van der Waals surface area contributed by atoms with Crippen molar-refractivity contribution in [2.24, 2.45) is 0 Å². The molecule has 0 aliphatic carbocycles. The molecule has 4 aromatic rings. The van der Waals surface area contributed by atoms with Crippen LogP contribution in [0.15, 0.2) is 102 Å². The van der Waals surface area contributed by atoms with E-state index in [1.807, 2.05) is 42.5 Å². The SMILES string of the molecule is CS(=O)(=O)c1ccc(N(c2cc(NC(=O)c3ccc(-c4ccccc4)cc3)ccc2O)S(=O)[O-])cc1. The normalized spacial score (nSPS) is 12.1. The Morgan fingerprint density at radius 2 is 1.50 bits per heavy atom. The van der Waals surface area contributed by atoms with E-state index in [-0.39, 0.29) is 27.7 Å². The summed E-state index contributed by atoms with van der Waals surface area (Å²) < 4.78 is 48.3. The molecule has 0 aliphatic rings. The number of carbonyl (C=O) groups is 1. The van der Waals surface area contributed by atoms with Crippen LogP contribution in [0.5, 0.6) is 5.75 Å². The minimum Gasteiger partial charge on any atom is -0.755 e. The van der Waals surface area contributed by atoms with Crippen LogP contribution in [0, 0.1) is 0 Å². The number of phenols is 1. The Morgan fingerprint density at radius 3 is 2.08 bits per heavy atom. The molecule has 0 spiro atoms. The first-order valence-corrected chi connectivity index (χ1v) is 13.6. The number of aromatic hydroxyl groups is 1. The van der Waals surface area contributed by atoms with Crippen LogP contribution >= 0.6 is 0 Å². The molecule has 0 bridgehead atoms. The number of anilines is 3. The molecule has 4 rings (SSSR count). The molecule has 0 aliphatic heterocycles. The zero-order valence-electron chi connectivity index (χ0n) is 19.0. The van der Waals surface area contributed by atoms with Crippen molar-refractivity contribution in [1.29, 1.82) is 0 Å². The Bertz CT molecular complexity index is 1520. The highest BCUT2D eigenvalue weighted by Gasteiger charge is 2.18. The molecule has 4 aromatic carbocycles. The van der Waals surface area contributed by atoms with Gasteiger partial charge in [0, 0.05) is 17.5 Å². The lowest BCUT2D eigenvalue weighted by Crippen LogP contribution is -2.20. The largest absolute Gasteiger partial charge is 0.755 e. The van der Waals surface area contributed by atoms with E-state index in [1.165, 1.54) is 42.5 Å². The smallest absolute Gasteiger partial charge is 0.255 e. The second-order valence-corrected chi connectivity index (χ2v) is 10.7. The first kappa shape index (κ1) is 25.1. The summed E-state index contributed by atoms with van der Waals surface area (Å²) in [7, 11) is -3.47. The Hall–Kier alpha value is -3.99. The zero-order valence-corrected chi connectivity index (χ0v) is 20.6. The molecule has 0 heterocycles. The van der Waals surface area contributed by atoms with Crippen LogP contribution in [0.25, 0.3) is 11.1 Å². The summed E-state index contributed by atoms with van der Waals surface area (Å²) in [5, 5.41) is 13.1. The second-order valence-electron chi connectivity index (χ2n) is 7.88. The van der Waals surface area contributed by atoms with E-state index in [2.05, 4.69) is 5.32 Å². The third kappa shape index (κ3) is 5.62. The van der Waals surface area contributed by atoms with Crippen molar-refractivity contribution in [3.8, 4) is 16.9 Å². The number of phenolic OH excluding ortho intramolecular Hbond substituents is 1. The first-order chi connectivity index (χ1) is 17.1. The van der Waals surface area contributed by atoms with Crippen LogP contribution in [0.4, 0.5) is 17.1 Å². The van der Waals surface area contributed by atoms with Gasteiger partial charge in [0.25, 0.3) is 5.91 Å². The highest BCUT2D eigenvalue weighted by atomic mass is 32.2. The minimum absolute atomic E-state index is 0.0198. The molecule has 0 saturated heterocycles. The summed E-state index contributed by atoms with van der Waals surface area (Å²) >= 11 is -2.86. The molecule has 0 radical (unpaired) electrons. The van der Waals surface area contributed by atoms with Crippen molar-refractivity contribution < 1.29 is 27.1 Å². The number of hydrogen-bond acceptors (Lipinski definition) is 6. The van der Waals surface area contributed by atoms with E-state index >= 15 is 0 Å². The van der Waals surface area contributed by atoms with E-state index in [0.717, 1.165) is 21.7 Å². The summed E-state index contributed by atoms with van der Waals surface area (Å²) in [6.07, 6.45) is 1.04. The first-order valence-electron chi connectivity index (χ1n) is 10.6. The molecule has 0 aromatic heterocycles. The Labute approximate surface area is 211 Å². The van der Waals surface area contributed by atoms with Gasteiger partial charge in [-0.15, -0.1) is 0 Å². The van der Waals surface area contributed by atoms with E-state index in [0.29, 0.717) is 5.56 Å². The molecule has 36 heavy (non-hydrogen) atoms. The van der Waals surface area contributed by atoms with Gasteiger partial charge >= 0.3 is 0 Å². The van der Waals surface area contributed by atoms with Gasteiger partial charge in [0.1, 0.15) is 5.75 Å². The molecule has 8 nitrogen and oxygen atoms in total. The van der Waals surface area contributed by atoms with Crippen LogP contribution in [0.3, 0.4) is 0 Å². The Morgan fingerprint density at radius 1 is 0.889 bits per heavy atom. The van der Waals surface area contributed by atoms with Gasteiger partial charge in [0.15, 0.2) is 9.84 Å². The topological polar surface area (TPSA) is 127 Å². The lowest BCUT2D eigenvalue weighted by Gasteiger charge is -2.27. The highest BCUT2D eigenvalue weighted by Crippen LogP contribution is 2.36. The van der Waals surface area contributed by atoms with Crippen molar-refractivity contribution in [2.75, 3.05) is 15.9 Å². The summed E-state index contributed by atoms with van der Waals surface area (Å²) in [4.78, 5) is 12.8. The number of nitrogens with one attached hydrogen (secondary N) is 1. The van der Waals surface area contributed by atoms with E-state index in [1.54, 1.807) is 12.1 Å². The fourth-order valence-electron chi connectivity index (χ4n) is 3.55. The average Bonchev–Trinajstić information content (AvgIpc) is 2.86. The van der Waals surface area contributed by atoms with Gasteiger partial charge in [0.2, 0.25) is 0 Å². The van der Waals surface area contributed by atoms with E-state index in [9.17, 15) is 27.1 Å². The molecule has 0 saturated carbocycles. The number of benzene rings is 4. The van der Waals surface area contributed by atoms with Crippen molar-refractivity contribution in [1.82, 2.24) is 0 Å². The van der Waals surface area contributed by atoms with Gasteiger partial charge in [-0.3, -0.25) is 13.3 Å². The van der Waals surface area contributed by atoms with Crippen molar-refractivity contribution >= 4 is 44.1 Å². The molecule has 10 heteroatoms. The maximum absolute atomic E-state index is 12.8. The van der Waals surface area contributed by atoms with Crippen LogP contribution in [0.2, 0.25) is 0 Å². The summed E-state index contributed by atoms with van der Waals surface area (Å²) in [5.41, 5.74) is 2.60. The van der Waals surface area contributed by atoms with Gasteiger partial charge < -0.3 is 15.0 Å². The number of carbonyl (C=O) groups excluding carboxylic acids is 1. The molecule has 2 N–H and O–H groups in total. The van der Waals surface area contributed by atoms with E-state index in [4.69, 9.17) is 0 Å². The lowest BCUT2D eigenvalue weighted by molar-refractivity contribution is 0.102. The zero-order chi connectivity index (χ0) is 25.9. The monoisotopic (exact) mass is 521 g/mol. The van der Waals surface area contributed by atoms with Gasteiger partial charge in [-0.25, -0.2) is 8.42 Å². The number of nitrogens with zero attached hydrogens (tertiary/aromatic N) is 1. The molecule has 1 amide bonds. The Kier molecular flexibility index (Phi) is 7.20.